The SMILES string of the molecule is CCSc1nnnn1CCNCC(C)C. The van der Waals surface area contributed by atoms with Gasteiger partial charge in [0.2, 0.25) is 5.16 Å². The fourth-order valence-corrected chi connectivity index (χ4v) is 1.77. The van der Waals surface area contributed by atoms with Crippen LogP contribution in [0.15, 0.2) is 5.16 Å². The quantitative estimate of drug-likeness (QED) is 0.559. The number of hydrogen-bond donors (Lipinski definition) is 1. The first kappa shape index (κ1) is 12.4. The summed E-state index contributed by atoms with van der Waals surface area (Å²) in [6, 6.07) is 0. The second kappa shape index (κ2) is 6.79. The lowest BCUT2D eigenvalue weighted by Crippen LogP contribution is -2.24. The Balaban J connectivity index is 2.27. The fourth-order valence-electron chi connectivity index (χ4n) is 1.14. The van der Waals surface area contributed by atoms with E-state index in [2.05, 4.69) is 41.6 Å². The molecule has 0 atom stereocenters. The van der Waals surface area contributed by atoms with Gasteiger partial charge in [0.25, 0.3) is 0 Å². The van der Waals surface area contributed by atoms with Gasteiger partial charge < -0.3 is 5.32 Å². The van der Waals surface area contributed by atoms with Gasteiger partial charge in [-0.25, -0.2) is 4.68 Å². The van der Waals surface area contributed by atoms with Crippen molar-refractivity contribution in [3.63, 3.8) is 0 Å². The normalized spacial score (nSPS) is 11.2. The van der Waals surface area contributed by atoms with E-state index in [4.69, 9.17) is 0 Å². The van der Waals surface area contributed by atoms with Crippen LogP contribution in [-0.4, -0.2) is 39.0 Å². The van der Waals surface area contributed by atoms with Gasteiger partial charge in [0.15, 0.2) is 0 Å². The van der Waals surface area contributed by atoms with E-state index in [-0.39, 0.29) is 0 Å². The molecule has 5 nitrogen and oxygen atoms in total. The molecule has 1 N–H and O–H groups in total. The molecular weight excluding hydrogens is 210 g/mol. The molecule has 1 heterocycles. The third kappa shape index (κ3) is 4.61. The average Bonchev–Trinajstić information content (AvgIpc) is 2.61. The number of nitrogens with one attached hydrogen (secondary N) is 1. The highest BCUT2D eigenvalue weighted by atomic mass is 32.2. The number of rotatable bonds is 7. The molecule has 15 heavy (non-hydrogen) atoms. The zero-order valence-corrected chi connectivity index (χ0v) is 10.4. The van der Waals surface area contributed by atoms with Crippen LogP contribution in [0.2, 0.25) is 0 Å². The van der Waals surface area contributed by atoms with Crippen LogP contribution in [0.3, 0.4) is 0 Å². The van der Waals surface area contributed by atoms with Crippen molar-refractivity contribution in [2.24, 2.45) is 5.92 Å². The average molecular weight is 229 g/mol. The molecule has 0 unspecified atom stereocenters. The van der Waals surface area contributed by atoms with E-state index in [0.717, 1.165) is 30.5 Å². The van der Waals surface area contributed by atoms with E-state index < -0.39 is 0 Å². The summed E-state index contributed by atoms with van der Waals surface area (Å²) in [5.74, 6) is 1.68. The van der Waals surface area contributed by atoms with E-state index in [1.165, 1.54) is 0 Å². The largest absolute Gasteiger partial charge is 0.315 e. The first-order valence-electron chi connectivity index (χ1n) is 5.33. The predicted octanol–water partition coefficient (Wildman–Crippen LogP) is 1.03. The monoisotopic (exact) mass is 229 g/mol. The minimum Gasteiger partial charge on any atom is -0.315 e. The van der Waals surface area contributed by atoms with Gasteiger partial charge in [-0.05, 0) is 28.6 Å². The van der Waals surface area contributed by atoms with Crippen molar-refractivity contribution in [2.45, 2.75) is 32.5 Å². The zero-order chi connectivity index (χ0) is 11.1. The van der Waals surface area contributed by atoms with Crippen LogP contribution in [0.5, 0.6) is 0 Å². The molecule has 1 aromatic heterocycles. The highest BCUT2D eigenvalue weighted by molar-refractivity contribution is 7.99. The van der Waals surface area contributed by atoms with Crippen LogP contribution in [0, 0.1) is 5.92 Å². The molecule has 0 bridgehead atoms. The minimum absolute atomic E-state index is 0.684. The summed E-state index contributed by atoms with van der Waals surface area (Å²) in [5.41, 5.74) is 0. The second-order valence-corrected chi connectivity index (χ2v) is 4.95. The topological polar surface area (TPSA) is 55.6 Å². The number of aromatic nitrogens is 4. The van der Waals surface area contributed by atoms with E-state index >= 15 is 0 Å². The van der Waals surface area contributed by atoms with Crippen molar-refractivity contribution in [1.82, 2.24) is 25.5 Å². The van der Waals surface area contributed by atoms with Crippen LogP contribution >= 0.6 is 11.8 Å². The maximum Gasteiger partial charge on any atom is 0.209 e. The highest BCUT2D eigenvalue weighted by Gasteiger charge is 2.04. The Labute approximate surface area is 95.0 Å². The molecule has 0 aromatic carbocycles. The van der Waals surface area contributed by atoms with Gasteiger partial charge in [0.05, 0.1) is 6.54 Å². The Morgan fingerprint density at radius 2 is 2.27 bits per heavy atom. The van der Waals surface area contributed by atoms with Crippen LogP contribution in [0.25, 0.3) is 0 Å². The summed E-state index contributed by atoms with van der Waals surface area (Å²) in [7, 11) is 0. The minimum atomic E-state index is 0.684. The van der Waals surface area contributed by atoms with Gasteiger partial charge in [0, 0.05) is 6.54 Å². The van der Waals surface area contributed by atoms with Gasteiger partial charge in [-0.2, -0.15) is 0 Å². The molecule has 0 amide bonds. The second-order valence-electron chi connectivity index (χ2n) is 3.72. The summed E-state index contributed by atoms with van der Waals surface area (Å²) >= 11 is 1.67. The molecule has 0 saturated carbocycles. The van der Waals surface area contributed by atoms with Crippen LogP contribution in [0.4, 0.5) is 0 Å². The molecule has 1 rings (SSSR count). The van der Waals surface area contributed by atoms with Crippen molar-refractivity contribution in [3.05, 3.63) is 0 Å². The summed E-state index contributed by atoms with van der Waals surface area (Å²) < 4.78 is 1.85. The Morgan fingerprint density at radius 3 is 2.93 bits per heavy atom. The molecule has 0 fully saturated rings. The van der Waals surface area contributed by atoms with Crippen molar-refractivity contribution in [2.75, 3.05) is 18.8 Å². The summed E-state index contributed by atoms with van der Waals surface area (Å²) in [6.07, 6.45) is 0. The summed E-state index contributed by atoms with van der Waals surface area (Å²) in [6.45, 7) is 9.28. The molecule has 0 saturated heterocycles. The Hall–Kier alpha value is -0.620. The lowest BCUT2D eigenvalue weighted by Gasteiger charge is -2.07. The predicted molar refractivity (Wildman–Crippen MR) is 61.9 cm³/mol. The van der Waals surface area contributed by atoms with Crippen LogP contribution < -0.4 is 5.32 Å². The van der Waals surface area contributed by atoms with Gasteiger partial charge in [-0.3, -0.25) is 0 Å². The molecular formula is C9H19N5S. The standard InChI is InChI=1S/C9H19N5S/c1-4-15-9-11-12-13-14(9)6-5-10-7-8(2)3/h8,10H,4-7H2,1-3H3. The van der Waals surface area contributed by atoms with Crippen LogP contribution in [-0.2, 0) is 6.54 Å². The van der Waals surface area contributed by atoms with Crippen molar-refractivity contribution >= 4 is 11.8 Å². The summed E-state index contributed by atoms with van der Waals surface area (Å²) in [5, 5.41) is 15.8. The lowest BCUT2D eigenvalue weighted by atomic mass is 10.2. The number of hydrogen-bond acceptors (Lipinski definition) is 5. The smallest absolute Gasteiger partial charge is 0.209 e. The summed E-state index contributed by atoms with van der Waals surface area (Å²) in [4.78, 5) is 0. The molecule has 0 radical (unpaired) electrons. The van der Waals surface area contributed by atoms with Gasteiger partial charge in [-0.1, -0.05) is 32.5 Å². The number of nitrogens with zero attached hydrogens (tertiary/aromatic N) is 4. The molecule has 0 aliphatic rings. The Bertz CT molecular complexity index is 273. The Morgan fingerprint density at radius 1 is 1.47 bits per heavy atom. The molecule has 0 aliphatic heterocycles. The fraction of sp³-hybridized carbons (Fsp3) is 0.889. The van der Waals surface area contributed by atoms with E-state index in [1.807, 2.05) is 4.68 Å². The molecule has 0 aliphatic carbocycles. The van der Waals surface area contributed by atoms with Crippen LogP contribution in [0.1, 0.15) is 20.8 Å². The molecule has 86 valence electrons. The van der Waals surface area contributed by atoms with Gasteiger partial charge in [0.1, 0.15) is 0 Å². The van der Waals surface area contributed by atoms with Crippen molar-refractivity contribution in [1.29, 1.82) is 0 Å². The van der Waals surface area contributed by atoms with Gasteiger partial charge in [-0.15, -0.1) is 5.10 Å². The maximum atomic E-state index is 3.96. The zero-order valence-electron chi connectivity index (χ0n) is 9.60. The van der Waals surface area contributed by atoms with Crippen molar-refractivity contribution < 1.29 is 0 Å². The number of tetrazole rings is 1. The van der Waals surface area contributed by atoms with E-state index in [1.54, 1.807) is 11.8 Å². The van der Waals surface area contributed by atoms with Gasteiger partial charge >= 0.3 is 0 Å². The first-order valence-corrected chi connectivity index (χ1v) is 6.32. The third-order valence-corrected chi connectivity index (χ3v) is 2.66. The van der Waals surface area contributed by atoms with E-state index in [9.17, 15) is 0 Å². The molecule has 1 aromatic rings. The highest BCUT2D eigenvalue weighted by Crippen LogP contribution is 2.11. The third-order valence-electron chi connectivity index (χ3n) is 1.83. The molecule has 0 spiro atoms. The number of thioether (sulfide) groups is 1. The first-order chi connectivity index (χ1) is 7.24. The van der Waals surface area contributed by atoms with E-state index in [0.29, 0.717) is 5.92 Å². The van der Waals surface area contributed by atoms with Crippen molar-refractivity contribution in [3.8, 4) is 0 Å². The Kier molecular flexibility index (Phi) is 5.63. The maximum absolute atomic E-state index is 3.96. The lowest BCUT2D eigenvalue weighted by molar-refractivity contribution is 0.482. The molecule has 6 heteroatoms.